The van der Waals surface area contributed by atoms with Gasteiger partial charge in [0.25, 0.3) is 5.91 Å². The zero-order valence-electron chi connectivity index (χ0n) is 12.3. The number of hydrazone groups is 1. The summed E-state index contributed by atoms with van der Waals surface area (Å²) in [6.45, 7) is 0. The quantitative estimate of drug-likeness (QED) is 0.530. The number of carbonyl (C=O) groups is 1. The molecule has 0 aromatic heterocycles. The van der Waals surface area contributed by atoms with E-state index in [0.717, 1.165) is 10.8 Å². The molecule has 3 aromatic rings. The molecule has 0 unspecified atom stereocenters. The third-order valence-electron chi connectivity index (χ3n) is 3.46. The highest BCUT2D eigenvalue weighted by atomic mass is 35.5. The number of nitrogens with zero attached hydrogens (tertiary/aromatic N) is 1. The molecular weight excluding hydrogens is 347 g/mol. The summed E-state index contributed by atoms with van der Waals surface area (Å²) in [5, 5.41) is 16.3. The van der Waals surface area contributed by atoms with Gasteiger partial charge in [-0.1, -0.05) is 59.6 Å². The minimum Gasteiger partial charge on any atom is -0.507 e. The molecular formula is C18H12Cl2N2O2. The molecule has 0 radical (unpaired) electrons. The number of phenols is 1. The molecule has 4 nitrogen and oxygen atoms in total. The van der Waals surface area contributed by atoms with Gasteiger partial charge in [-0.25, -0.2) is 5.43 Å². The van der Waals surface area contributed by atoms with Gasteiger partial charge in [0.15, 0.2) is 0 Å². The van der Waals surface area contributed by atoms with Crippen molar-refractivity contribution in [3.8, 4) is 5.75 Å². The van der Waals surface area contributed by atoms with Crippen molar-refractivity contribution >= 4 is 46.1 Å². The second-order valence-electron chi connectivity index (χ2n) is 5.06. The number of hydrogen-bond donors (Lipinski definition) is 2. The lowest BCUT2D eigenvalue weighted by Crippen LogP contribution is -2.17. The molecule has 1 amide bonds. The van der Waals surface area contributed by atoms with Gasteiger partial charge in [-0.15, -0.1) is 0 Å². The molecule has 3 aromatic carbocycles. The van der Waals surface area contributed by atoms with E-state index in [4.69, 9.17) is 23.2 Å². The van der Waals surface area contributed by atoms with E-state index in [1.807, 2.05) is 24.3 Å². The number of benzene rings is 3. The molecule has 0 saturated heterocycles. The molecule has 120 valence electrons. The first-order chi connectivity index (χ1) is 11.6. The van der Waals surface area contributed by atoms with Crippen LogP contribution in [0.4, 0.5) is 0 Å². The summed E-state index contributed by atoms with van der Waals surface area (Å²) in [6, 6.07) is 15.7. The SMILES string of the molecule is O=C(N/N=C\c1cccc(Cl)c1Cl)c1cc2ccccc2cc1O. The molecule has 0 atom stereocenters. The Morgan fingerprint density at radius 2 is 1.75 bits per heavy atom. The standard InChI is InChI=1S/C18H12Cl2N2O2/c19-15-7-3-6-13(17(15)20)10-21-22-18(24)14-8-11-4-1-2-5-12(11)9-16(14)23/h1-10,23H,(H,22,24)/b21-10-. The number of nitrogens with one attached hydrogen (secondary N) is 1. The Balaban J connectivity index is 1.81. The maximum atomic E-state index is 12.2. The topological polar surface area (TPSA) is 61.7 Å². The van der Waals surface area contributed by atoms with Crippen LogP contribution in [0.15, 0.2) is 59.7 Å². The molecule has 6 heteroatoms. The molecule has 3 rings (SSSR count). The van der Waals surface area contributed by atoms with Crippen molar-refractivity contribution in [1.82, 2.24) is 5.43 Å². The summed E-state index contributed by atoms with van der Waals surface area (Å²) >= 11 is 12.0. The predicted molar refractivity (Wildman–Crippen MR) is 97.1 cm³/mol. The van der Waals surface area contributed by atoms with Gasteiger partial charge in [0.1, 0.15) is 5.75 Å². The van der Waals surface area contributed by atoms with Crippen molar-refractivity contribution in [3.05, 3.63) is 75.8 Å². The van der Waals surface area contributed by atoms with Crippen LogP contribution in [0.5, 0.6) is 5.75 Å². The lowest BCUT2D eigenvalue weighted by Gasteiger charge is -2.06. The van der Waals surface area contributed by atoms with Gasteiger partial charge in [-0.2, -0.15) is 5.10 Å². The average molecular weight is 359 g/mol. The van der Waals surface area contributed by atoms with Crippen LogP contribution in [0.1, 0.15) is 15.9 Å². The number of halogens is 2. The molecule has 2 N–H and O–H groups in total. The van der Waals surface area contributed by atoms with Gasteiger partial charge >= 0.3 is 0 Å². The summed E-state index contributed by atoms with van der Waals surface area (Å²) in [5.41, 5.74) is 3.09. The van der Waals surface area contributed by atoms with Crippen LogP contribution in [-0.2, 0) is 0 Å². The zero-order chi connectivity index (χ0) is 17.1. The number of fused-ring (bicyclic) bond motifs is 1. The second-order valence-corrected chi connectivity index (χ2v) is 5.84. The molecule has 0 fully saturated rings. The normalized spacial score (nSPS) is 11.1. The summed E-state index contributed by atoms with van der Waals surface area (Å²) in [5.74, 6) is -0.630. The first kappa shape index (κ1) is 16.3. The van der Waals surface area contributed by atoms with Crippen molar-refractivity contribution in [3.63, 3.8) is 0 Å². The van der Waals surface area contributed by atoms with E-state index in [1.165, 1.54) is 6.21 Å². The van der Waals surface area contributed by atoms with E-state index in [9.17, 15) is 9.90 Å². The summed E-state index contributed by atoms with van der Waals surface area (Å²) < 4.78 is 0. The first-order valence-electron chi connectivity index (χ1n) is 7.05. The summed E-state index contributed by atoms with van der Waals surface area (Å²) in [7, 11) is 0. The zero-order valence-corrected chi connectivity index (χ0v) is 13.8. The fourth-order valence-electron chi connectivity index (χ4n) is 2.25. The Labute approximate surface area is 148 Å². The van der Waals surface area contributed by atoms with E-state index in [-0.39, 0.29) is 11.3 Å². The Morgan fingerprint density at radius 3 is 2.50 bits per heavy atom. The van der Waals surface area contributed by atoms with Crippen LogP contribution in [0.2, 0.25) is 10.0 Å². The summed E-state index contributed by atoms with van der Waals surface area (Å²) in [4.78, 5) is 12.2. The molecule has 0 aliphatic heterocycles. The molecule has 0 spiro atoms. The molecule has 0 bridgehead atoms. The van der Waals surface area contributed by atoms with E-state index in [1.54, 1.807) is 30.3 Å². The molecule has 0 saturated carbocycles. The van der Waals surface area contributed by atoms with Crippen LogP contribution in [-0.4, -0.2) is 17.2 Å². The fraction of sp³-hybridized carbons (Fsp3) is 0. The van der Waals surface area contributed by atoms with Crippen LogP contribution in [0.25, 0.3) is 10.8 Å². The van der Waals surface area contributed by atoms with Crippen LogP contribution >= 0.6 is 23.2 Å². The number of phenolic OH excluding ortho intramolecular Hbond substituents is 1. The summed E-state index contributed by atoms with van der Waals surface area (Å²) in [6.07, 6.45) is 1.39. The molecule has 0 aliphatic rings. The number of amides is 1. The first-order valence-corrected chi connectivity index (χ1v) is 7.81. The third kappa shape index (κ3) is 3.35. The van der Waals surface area contributed by atoms with Crippen LogP contribution in [0.3, 0.4) is 0 Å². The lowest BCUT2D eigenvalue weighted by molar-refractivity contribution is 0.0952. The molecule has 24 heavy (non-hydrogen) atoms. The minimum absolute atomic E-state index is 0.109. The Hall–Kier alpha value is -2.56. The average Bonchev–Trinajstić information content (AvgIpc) is 2.58. The minimum atomic E-state index is -0.521. The van der Waals surface area contributed by atoms with E-state index >= 15 is 0 Å². The fourth-order valence-corrected chi connectivity index (χ4v) is 2.61. The van der Waals surface area contributed by atoms with Crippen LogP contribution < -0.4 is 5.43 Å². The smallest absolute Gasteiger partial charge is 0.275 e. The number of carbonyl (C=O) groups excluding carboxylic acids is 1. The maximum Gasteiger partial charge on any atom is 0.275 e. The van der Waals surface area contributed by atoms with E-state index in [2.05, 4.69) is 10.5 Å². The highest BCUT2D eigenvalue weighted by Gasteiger charge is 2.11. The largest absolute Gasteiger partial charge is 0.507 e. The van der Waals surface area contributed by atoms with Crippen molar-refractivity contribution in [2.75, 3.05) is 0 Å². The van der Waals surface area contributed by atoms with Gasteiger partial charge in [0, 0.05) is 5.56 Å². The third-order valence-corrected chi connectivity index (χ3v) is 4.29. The van der Waals surface area contributed by atoms with Gasteiger partial charge in [-0.05, 0) is 29.0 Å². The Morgan fingerprint density at radius 1 is 1.04 bits per heavy atom. The molecule has 0 aliphatic carbocycles. The predicted octanol–water partition coefficient (Wildman–Crippen LogP) is 4.62. The number of rotatable bonds is 3. The van der Waals surface area contributed by atoms with E-state index < -0.39 is 5.91 Å². The van der Waals surface area contributed by atoms with Crippen molar-refractivity contribution in [1.29, 1.82) is 0 Å². The maximum absolute atomic E-state index is 12.2. The van der Waals surface area contributed by atoms with Crippen molar-refractivity contribution in [2.24, 2.45) is 5.10 Å². The van der Waals surface area contributed by atoms with Gasteiger partial charge in [0.2, 0.25) is 0 Å². The van der Waals surface area contributed by atoms with Gasteiger partial charge in [-0.3, -0.25) is 4.79 Å². The van der Waals surface area contributed by atoms with Crippen LogP contribution in [0, 0.1) is 0 Å². The van der Waals surface area contributed by atoms with Gasteiger partial charge in [0.05, 0.1) is 21.8 Å². The second kappa shape index (κ2) is 6.91. The Bertz CT molecular complexity index is 955. The van der Waals surface area contributed by atoms with Gasteiger partial charge < -0.3 is 5.11 Å². The highest BCUT2D eigenvalue weighted by Crippen LogP contribution is 2.25. The lowest BCUT2D eigenvalue weighted by atomic mass is 10.1. The van der Waals surface area contributed by atoms with Crippen molar-refractivity contribution < 1.29 is 9.90 Å². The number of aromatic hydroxyl groups is 1. The number of hydrogen-bond acceptors (Lipinski definition) is 3. The van der Waals surface area contributed by atoms with E-state index in [0.29, 0.717) is 15.6 Å². The van der Waals surface area contributed by atoms with Crippen molar-refractivity contribution in [2.45, 2.75) is 0 Å². The molecule has 0 heterocycles. The highest BCUT2D eigenvalue weighted by molar-refractivity contribution is 6.43. The monoisotopic (exact) mass is 358 g/mol. The Kier molecular flexibility index (Phi) is 4.69.